The van der Waals surface area contributed by atoms with Gasteiger partial charge < -0.3 is 14.0 Å². The zero-order valence-corrected chi connectivity index (χ0v) is 13.3. The molecule has 0 fully saturated rings. The van der Waals surface area contributed by atoms with E-state index >= 15 is 0 Å². The van der Waals surface area contributed by atoms with Crippen molar-refractivity contribution in [2.75, 3.05) is 25.6 Å². The van der Waals surface area contributed by atoms with Crippen molar-refractivity contribution in [3.63, 3.8) is 0 Å². The number of ether oxygens (including phenoxy) is 2. The first-order chi connectivity index (χ1) is 6.83. The van der Waals surface area contributed by atoms with E-state index in [4.69, 9.17) is 4.74 Å². The van der Waals surface area contributed by atoms with Crippen molar-refractivity contribution >= 4 is 16.1 Å². The molecule has 0 unspecified atom stereocenters. The van der Waals surface area contributed by atoms with E-state index in [2.05, 4.69) is 11.3 Å². The maximum absolute atomic E-state index is 10.8. The van der Waals surface area contributed by atoms with Crippen LogP contribution in [0.1, 0.15) is 6.92 Å². The van der Waals surface area contributed by atoms with Crippen molar-refractivity contribution in [1.82, 2.24) is 0 Å². The summed E-state index contributed by atoms with van der Waals surface area (Å²) in [7, 11) is -4.24. The zero-order valence-electron chi connectivity index (χ0n) is 9.39. The third-order valence-corrected chi connectivity index (χ3v) is 1.95. The van der Waals surface area contributed by atoms with Crippen LogP contribution in [0.5, 0.6) is 0 Å². The van der Waals surface area contributed by atoms with Crippen LogP contribution in [0.25, 0.3) is 0 Å². The molecule has 0 aromatic heterocycles. The van der Waals surface area contributed by atoms with Crippen LogP contribution in [0, 0.1) is 0 Å². The molecule has 0 aromatic carbocycles. The van der Waals surface area contributed by atoms with Gasteiger partial charge in [-0.05, 0) is 6.92 Å². The Hall–Kier alpha value is 0.716. The topological polar surface area (TPSA) is 92.7 Å². The molecule has 0 bridgehead atoms. The summed E-state index contributed by atoms with van der Waals surface area (Å²) in [4.78, 5) is 10.8. The molecule has 0 rings (SSSR count). The maximum Gasteiger partial charge on any atom is 1.00 e. The number of rotatable bonds is 7. The summed E-state index contributed by atoms with van der Waals surface area (Å²) in [5, 5.41) is 0. The second-order valence-electron chi connectivity index (χ2n) is 2.79. The minimum absolute atomic E-state index is 0. The van der Waals surface area contributed by atoms with Crippen LogP contribution < -0.4 is 51.4 Å². The summed E-state index contributed by atoms with van der Waals surface area (Å²) in [5.41, 5.74) is 0.275. The Morgan fingerprint density at radius 3 is 2.31 bits per heavy atom. The van der Waals surface area contributed by atoms with Crippen LogP contribution in [-0.4, -0.2) is 44.5 Å². The molecule has 0 spiro atoms. The second-order valence-corrected chi connectivity index (χ2v) is 4.31. The summed E-state index contributed by atoms with van der Waals surface area (Å²) < 4.78 is 39.8. The fourth-order valence-electron chi connectivity index (χ4n) is 0.580. The van der Waals surface area contributed by atoms with Crippen LogP contribution >= 0.6 is 0 Å². The third-order valence-electron chi connectivity index (χ3n) is 1.29. The fraction of sp³-hybridized carbons (Fsp3) is 0.625. The van der Waals surface area contributed by atoms with E-state index in [0.29, 0.717) is 0 Å². The molecule has 16 heavy (non-hydrogen) atoms. The van der Waals surface area contributed by atoms with Crippen molar-refractivity contribution in [2.45, 2.75) is 6.92 Å². The van der Waals surface area contributed by atoms with E-state index in [0.717, 1.165) is 0 Å². The second kappa shape index (κ2) is 9.72. The molecule has 0 aromatic rings. The largest absolute Gasteiger partial charge is 1.00 e. The Bertz CT molecular complexity index is 323. The summed E-state index contributed by atoms with van der Waals surface area (Å²) >= 11 is 0. The van der Waals surface area contributed by atoms with Crippen molar-refractivity contribution in [2.24, 2.45) is 0 Å². The van der Waals surface area contributed by atoms with Crippen LogP contribution in [-0.2, 0) is 24.4 Å². The average molecular weight is 276 g/mol. The molecule has 8 heteroatoms. The van der Waals surface area contributed by atoms with Crippen LogP contribution in [0.4, 0.5) is 0 Å². The first kappa shape index (κ1) is 19.1. The molecule has 0 aliphatic rings. The normalized spacial score (nSPS) is 10.4. The summed E-state index contributed by atoms with van der Waals surface area (Å²) in [6.45, 7) is 4.73. The Morgan fingerprint density at radius 2 is 1.88 bits per heavy atom. The van der Waals surface area contributed by atoms with Gasteiger partial charge >= 0.3 is 57.4 Å². The maximum atomic E-state index is 10.8. The first-order valence-electron chi connectivity index (χ1n) is 4.17. The standard InChI is InChI=1S/C8H14O6S.K/c1-7(2)8(9)14-4-3-13-5-6-15(10,11)12;/h1,3-6H2,2H3,(H,10,11,12);/q;+1/p-1. The Kier molecular flexibility index (Phi) is 11.6. The molecule has 0 aliphatic heterocycles. The quantitative estimate of drug-likeness (QED) is 0.159. The van der Waals surface area contributed by atoms with Gasteiger partial charge in [0.2, 0.25) is 0 Å². The van der Waals surface area contributed by atoms with Gasteiger partial charge in [-0.2, -0.15) is 0 Å². The summed E-state index contributed by atoms with van der Waals surface area (Å²) in [6.07, 6.45) is 0. The predicted molar refractivity (Wildman–Crippen MR) is 51.2 cm³/mol. The van der Waals surface area contributed by atoms with Gasteiger partial charge in [0.05, 0.1) is 29.1 Å². The SMILES string of the molecule is C=C(C)C(=O)OCCOCCS(=O)(=O)[O-].[K+]. The third kappa shape index (κ3) is 12.8. The molecule has 88 valence electrons. The Balaban J connectivity index is 0. The average Bonchev–Trinajstić information content (AvgIpc) is 2.08. The minimum Gasteiger partial charge on any atom is -0.748 e. The van der Waals surface area contributed by atoms with Gasteiger partial charge in [-0.15, -0.1) is 0 Å². The summed E-state index contributed by atoms with van der Waals surface area (Å²) in [5.74, 6) is -1.11. The molecule has 0 atom stereocenters. The molecule has 0 heterocycles. The van der Waals surface area contributed by atoms with E-state index in [1.165, 1.54) is 6.92 Å². The van der Waals surface area contributed by atoms with E-state index in [1.807, 2.05) is 0 Å². The molecule has 0 radical (unpaired) electrons. The van der Waals surface area contributed by atoms with Gasteiger partial charge in [0.25, 0.3) is 0 Å². The van der Waals surface area contributed by atoms with Gasteiger partial charge in [-0.25, -0.2) is 13.2 Å². The first-order valence-corrected chi connectivity index (χ1v) is 5.74. The number of esters is 1. The summed E-state index contributed by atoms with van der Waals surface area (Å²) in [6, 6.07) is 0. The molecule has 6 nitrogen and oxygen atoms in total. The molecule has 0 amide bonds. The Morgan fingerprint density at radius 1 is 1.31 bits per heavy atom. The van der Waals surface area contributed by atoms with E-state index in [1.54, 1.807) is 0 Å². The molecular formula is C8H13KO6S. The molecule has 0 aliphatic carbocycles. The zero-order chi connectivity index (χ0) is 11.9. The van der Waals surface area contributed by atoms with E-state index in [9.17, 15) is 17.8 Å². The number of hydrogen-bond donors (Lipinski definition) is 0. The van der Waals surface area contributed by atoms with Gasteiger partial charge in [0, 0.05) is 5.57 Å². The predicted octanol–water partition coefficient (Wildman–Crippen LogP) is -3.33. The van der Waals surface area contributed by atoms with Crippen molar-refractivity contribution in [3.05, 3.63) is 12.2 Å². The molecule has 0 N–H and O–H groups in total. The van der Waals surface area contributed by atoms with E-state index in [-0.39, 0.29) is 76.8 Å². The number of hydrogen-bond acceptors (Lipinski definition) is 6. The number of carbonyl (C=O) groups excluding carboxylic acids is 1. The van der Waals surface area contributed by atoms with Gasteiger partial charge in [0.15, 0.2) is 0 Å². The van der Waals surface area contributed by atoms with Crippen molar-refractivity contribution in [1.29, 1.82) is 0 Å². The van der Waals surface area contributed by atoms with Gasteiger partial charge in [-0.1, -0.05) is 6.58 Å². The Labute approximate surface area is 138 Å². The van der Waals surface area contributed by atoms with Gasteiger partial charge in [-0.3, -0.25) is 0 Å². The molecule has 0 saturated heterocycles. The van der Waals surface area contributed by atoms with Crippen LogP contribution in [0.15, 0.2) is 12.2 Å². The van der Waals surface area contributed by atoms with Gasteiger partial charge in [0.1, 0.15) is 6.61 Å². The van der Waals surface area contributed by atoms with Crippen LogP contribution in [0.3, 0.4) is 0 Å². The minimum atomic E-state index is -4.24. The monoisotopic (exact) mass is 276 g/mol. The smallest absolute Gasteiger partial charge is 0.748 e. The number of carbonyl (C=O) groups is 1. The molecule has 0 saturated carbocycles. The fourth-order valence-corrected chi connectivity index (χ4v) is 0.902. The van der Waals surface area contributed by atoms with Crippen LogP contribution in [0.2, 0.25) is 0 Å². The van der Waals surface area contributed by atoms with Crippen molar-refractivity contribution < 1.29 is 78.6 Å². The van der Waals surface area contributed by atoms with E-state index < -0.39 is 21.8 Å². The van der Waals surface area contributed by atoms with Crippen molar-refractivity contribution in [3.8, 4) is 0 Å². The molecular weight excluding hydrogens is 263 g/mol.